The minimum atomic E-state index is -0.0418. The van der Waals surface area contributed by atoms with Crippen molar-refractivity contribution < 1.29 is 9.59 Å². The predicted molar refractivity (Wildman–Crippen MR) is 69.2 cm³/mol. The molecule has 0 radical (unpaired) electrons. The highest BCUT2D eigenvalue weighted by Gasteiger charge is 2.04. The van der Waals surface area contributed by atoms with Crippen molar-refractivity contribution in [2.75, 3.05) is 13.1 Å². The summed E-state index contributed by atoms with van der Waals surface area (Å²) < 4.78 is 0. The quantitative estimate of drug-likeness (QED) is 0.729. The second kappa shape index (κ2) is 7.84. The molecule has 0 spiro atoms. The lowest BCUT2D eigenvalue weighted by Gasteiger charge is -2.05. The maximum Gasteiger partial charge on any atom is 0.261 e. The molecule has 1 aromatic heterocycles. The van der Waals surface area contributed by atoms with Gasteiger partial charge in [-0.3, -0.25) is 9.59 Å². The molecule has 0 saturated carbocycles. The van der Waals surface area contributed by atoms with E-state index in [1.807, 2.05) is 18.4 Å². The third-order valence-corrected chi connectivity index (χ3v) is 3.05. The van der Waals surface area contributed by atoms with Crippen LogP contribution in [0.2, 0.25) is 0 Å². The molecule has 0 fully saturated rings. The van der Waals surface area contributed by atoms with Gasteiger partial charge in [0.1, 0.15) is 0 Å². The molecule has 0 aliphatic rings. The Hall–Kier alpha value is -1.36. The van der Waals surface area contributed by atoms with Crippen molar-refractivity contribution in [3.63, 3.8) is 0 Å². The number of hydrogen-bond donors (Lipinski definition) is 2. The number of carbonyl (C=O) groups is 2. The third kappa shape index (κ3) is 5.49. The lowest BCUT2D eigenvalue weighted by atomic mass is 10.3. The van der Waals surface area contributed by atoms with Gasteiger partial charge in [0.25, 0.3) is 5.91 Å². The Morgan fingerprint density at radius 1 is 1.29 bits per heavy atom. The van der Waals surface area contributed by atoms with Gasteiger partial charge >= 0.3 is 0 Å². The maximum absolute atomic E-state index is 11.5. The Labute approximate surface area is 105 Å². The van der Waals surface area contributed by atoms with Crippen LogP contribution in [-0.2, 0) is 4.79 Å². The number of thiophene rings is 1. The molecule has 0 bridgehead atoms. The van der Waals surface area contributed by atoms with Crippen LogP contribution in [0.15, 0.2) is 17.5 Å². The van der Waals surface area contributed by atoms with E-state index in [1.165, 1.54) is 11.3 Å². The summed E-state index contributed by atoms with van der Waals surface area (Å²) in [5.74, 6) is 0.0389. The molecule has 4 nitrogen and oxygen atoms in total. The first kappa shape index (κ1) is 13.7. The highest BCUT2D eigenvalue weighted by Crippen LogP contribution is 2.07. The van der Waals surface area contributed by atoms with Gasteiger partial charge in [0.05, 0.1) is 4.88 Å². The fraction of sp³-hybridized carbons (Fsp3) is 0.500. The van der Waals surface area contributed by atoms with E-state index in [2.05, 4.69) is 10.6 Å². The molecule has 17 heavy (non-hydrogen) atoms. The second-order valence-corrected chi connectivity index (χ2v) is 4.63. The van der Waals surface area contributed by atoms with Crippen LogP contribution in [0, 0.1) is 0 Å². The molecule has 0 unspecified atom stereocenters. The summed E-state index contributed by atoms with van der Waals surface area (Å²) in [6, 6.07) is 3.65. The highest BCUT2D eigenvalue weighted by atomic mass is 32.1. The van der Waals surface area contributed by atoms with E-state index in [4.69, 9.17) is 0 Å². The third-order valence-electron chi connectivity index (χ3n) is 2.18. The topological polar surface area (TPSA) is 58.2 Å². The van der Waals surface area contributed by atoms with E-state index in [0.29, 0.717) is 19.5 Å². The molecule has 0 aliphatic heterocycles. The van der Waals surface area contributed by atoms with E-state index >= 15 is 0 Å². The van der Waals surface area contributed by atoms with Gasteiger partial charge in [-0.1, -0.05) is 13.0 Å². The summed E-state index contributed by atoms with van der Waals surface area (Å²) in [6.45, 7) is 3.17. The summed E-state index contributed by atoms with van der Waals surface area (Å²) in [5, 5.41) is 7.49. The minimum absolute atomic E-state index is 0.0418. The Morgan fingerprint density at radius 3 is 2.71 bits per heavy atom. The number of carbonyl (C=O) groups excluding carboxylic acids is 2. The molecule has 0 saturated heterocycles. The van der Waals surface area contributed by atoms with Gasteiger partial charge in [-0.15, -0.1) is 11.3 Å². The zero-order valence-corrected chi connectivity index (χ0v) is 10.8. The van der Waals surface area contributed by atoms with E-state index in [0.717, 1.165) is 17.7 Å². The molecule has 0 aliphatic carbocycles. The maximum atomic E-state index is 11.5. The molecular weight excluding hydrogens is 236 g/mol. The van der Waals surface area contributed by atoms with Crippen molar-refractivity contribution in [1.29, 1.82) is 0 Å². The summed E-state index contributed by atoms with van der Waals surface area (Å²) in [7, 11) is 0. The van der Waals surface area contributed by atoms with Crippen LogP contribution in [-0.4, -0.2) is 24.9 Å². The van der Waals surface area contributed by atoms with Crippen molar-refractivity contribution in [2.45, 2.75) is 26.2 Å². The second-order valence-electron chi connectivity index (χ2n) is 3.69. The SMILES string of the molecule is CCCC(=O)NCCCNC(=O)c1cccs1. The zero-order chi connectivity index (χ0) is 12.5. The van der Waals surface area contributed by atoms with Gasteiger partial charge in [-0.05, 0) is 24.3 Å². The normalized spacial score (nSPS) is 9.94. The smallest absolute Gasteiger partial charge is 0.261 e. The molecule has 1 heterocycles. The van der Waals surface area contributed by atoms with Crippen LogP contribution in [0.3, 0.4) is 0 Å². The summed E-state index contributed by atoms with van der Waals surface area (Å²) >= 11 is 1.42. The molecule has 94 valence electrons. The fourth-order valence-electron chi connectivity index (χ4n) is 1.33. The molecule has 2 amide bonds. The summed E-state index contributed by atoms with van der Waals surface area (Å²) in [5.41, 5.74) is 0. The average Bonchev–Trinajstić information content (AvgIpc) is 2.82. The van der Waals surface area contributed by atoms with Gasteiger partial charge in [0.2, 0.25) is 5.91 Å². The van der Waals surface area contributed by atoms with Gasteiger partial charge in [0.15, 0.2) is 0 Å². The van der Waals surface area contributed by atoms with Crippen LogP contribution >= 0.6 is 11.3 Å². The standard InChI is InChI=1S/C12H18N2O2S/c1-2-5-11(15)13-7-4-8-14-12(16)10-6-3-9-17-10/h3,6,9H,2,4-5,7-8H2,1H3,(H,13,15)(H,14,16). The number of nitrogens with one attached hydrogen (secondary N) is 2. The number of amides is 2. The van der Waals surface area contributed by atoms with Crippen molar-refractivity contribution >= 4 is 23.2 Å². The van der Waals surface area contributed by atoms with E-state index in [1.54, 1.807) is 6.07 Å². The van der Waals surface area contributed by atoms with Crippen LogP contribution < -0.4 is 10.6 Å². The molecular formula is C12H18N2O2S. The minimum Gasteiger partial charge on any atom is -0.356 e. The lowest BCUT2D eigenvalue weighted by Crippen LogP contribution is -2.29. The summed E-state index contributed by atoms with van der Waals surface area (Å²) in [4.78, 5) is 23.4. The van der Waals surface area contributed by atoms with Crippen molar-refractivity contribution in [3.8, 4) is 0 Å². The zero-order valence-electron chi connectivity index (χ0n) is 9.99. The average molecular weight is 254 g/mol. The predicted octanol–water partition coefficient (Wildman–Crippen LogP) is 1.78. The Bertz CT molecular complexity index is 349. The Balaban J connectivity index is 2.05. The van der Waals surface area contributed by atoms with Gasteiger partial charge in [-0.2, -0.15) is 0 Å². The molecule has 0 aromatic carbocycles. The fourth-order valence-corrected chi connectivity index (χ4v) is 1.97. The van der Waals surface area contributed by atoms with Crippen LogP contribution in [0.5, 0.6) is 0 Å². The first-order valence-corrected chi connectivity index (χ1v) is 6.70. The van der Waals surface area contributed by atoms with Crippen LogP contribution in [0.4, 0.5) is 0 Å². The largest absolute Gasteiger partial charge is 0.356 e. The van der Waals surface area contributed by atoms with E-state index in [9.17, 15) is 9.59 Å². The van der Waals surface area contributed by atoms with Crippen molar-refractivity contribution in [1.82, 2.24) is 10.6 Å². The first-order valence-electron chi connectivity index (χ1n) is 5.82. The van der Waals surface area contributed by atoms with Crippen molar-refractivity contribution in [2.24, 2.45) is 0 Å². The number of rotatable bonds is 7. The van der Waals surface area contributed by atoms with Crippen molar-refractivity contribution in [3.05, 3.63) is 22.4 Å². The van der Waals surface area contributed by atoms with Gasteiger partial charge < -0.3 is 10.6 Å². The summed E-state index contributed by atoms with van der Waals surface area (Å²) in [6.07, 6.45) is 2.19. The van der Waals surface area contributed by atoms with Gasteiger partial charge in [0, 0.05) is 19.5 Å². The molecule has 0 atom stereocenters. The van der Waals surface area contributed by atoms with E-state index < -0.39 is 0 Å². The molecule has 1 aromatic rings. The molecule has 2 N–H and O–H groups in total. The molecule has 5 heteroatoms. The van der Waals surface area contributed by atoms with Gasteiger partial charge in [-0.25, -0.2) is 0 Å². The highest BCUT2D eigenvalue weighted by molar-refractivity contribution is 7.12. The Morgan fingerprint density at radius 2 is 2.06 bits per heavy atom. The van der Waals surface area contributed by atoms with E-state index in [-0.39, 0.29) is 11.8 Å². The van der Waals surface area contributed by atoms with Crippen LogP contribution in [0.25, 0.3) is 0 Å². The monoisotopic (exact) mass is 254 g/mol. The lowest BCUT2D eigenvalue weighted by molar-refractivity contribution is -0.121. The first-order chi connectivity index (χ1) is 8.24. The Kier molecular flexibility index (Phi) is 6.32. The molecule has 1 rings (SSSR count). The van der Waals surface area contributed by atoms with Crippen LogP contribution in [0.1, 0.15) is 35.9 Å². The number of hydrogen-bond acceptors (Lipinski definition) is 3.